The van der Waals surface area contributed by atoms with Crippen LogP contribution in [0.15, 0.2) is 54.7 Å². The Morgan fingerprint density at radius 3 is 2.37 bits per heavy atom. The van der Waals surface area contributed by atoms with Gasteiger partial charge in [-0.1, -0.05) is 18.2 Å². The molecule has 0 aliphatic carbocycles. The first-order valence-electron chi connectivity index (χ1n) is 7.84. The fourth-order valence-electron chi connectivity index (χ4n) is 2.28. The maximum atomic E-state index is 13.6. The van der Waals surface area contributed by atoms with Crippen molar-refractivity contribution >= 4 is 17.4 Å². The number of anilines is 2. The fourth-order valence-corrected chi connectivity index (χ4v) is 2.28. The lowest BCUT2D eigenvalue weighted by atomic mass is 10.2. The third-order valence-corrected chi connectivity index (χ3v) is 3.72. The number of carbonyl (C=O) groups is 1. The van der Waals surface area contributed by atoms with Crippen molar-refractivity contribution in [2.24, 2.45) is 0 Å². The number of carbonyl (C=O) groups excluding carboxylic acids is 1. The van der Waals surface area contributed by atoms with E-state index in [2.05, 4.69) is 15.6 Å². The number of halogens is 4. The minimum absolute atomic E-state index is 0.00553. The number of hydrogen-bond donors (Lipinski definition) is 2. The van der Waals surface area contributed by atoms with E-state index < -0.39 is 29.2 Å². The molecule has 3 aromatic rings. The number of nitrogens with one attached hydrogen (secondary N) is 2. The minimum Gasteiger partial charge on any atom is -0.348 e. The van der Waals surface area contributed by atoms with Crippen molar-refractivity contribution in [1.29, 1.82) is 0 Å². The SMILES string of the molecule is O=C(NCc1ccccc1F)c1ccc(Nc2ccc(F)c(F)c2F)nc1. The quantitative estimate of drug-likeness (QED) is 0.516. The Hall–Kier alpha value is -3.42. The van der Waals surface area contributed by atoms with Crippen LogP contribution in [0.3, 0.4) is 0 Å². The average molecular weight is 375 g/mol. The Kier molecular flexibility index (Phi) is 5.35. The van der Waals surface area contributed by atoms with Crippen LogP contribution in [0, 0.1) is 23.3 Å². The molecule has 0 fully saturated rings. The van der Waals surface area contributed by atoms with Crippen molar-refractivity contribution in [2.75, 3.05) is 5.32 Å². The van der Waals surface area contributed by atoms with Gasteiger partial charge in [0.15, 0.2) is 17.5 Å². The van der Waals surface area contributed by atoms with Crippen LogP contribution in [-0.4, -0.2) is 10.9 Å². The minimum atomic E-state index is -1.59. The zero-order valence-electron chi connectivity index (χ0n) is 13.8. The van der Waals surface area contributed by atoms with Gasteiger partial charge in [0.05, 0.1) is 11.3 Å². The van der Waals surface area contributed by atoms with E-state index in [0.29, 0.717) is 5.56 Å². The van der Waals surface area contributed by atoms with Crippen LogP contribution < -0.4 is 10.6 Å². The lowest BCUT2D eigenvalue weighted by Crippen LogP contribution is -2.23. The summed E-state index contributed by atoms with van der Waals surface area (Å²) in [6.45, 7) is 0.00553. The summed E-state index contributed by atoms with van der Waals surface area (Å²) in [6.07, 6.45) is 1.22. The van der Waals surface area contributed by atoms with Gasteiger partial charge in [-0.05, 0) is 30.3 Å². The van der Waals surface area contributed by atoms with Crippen molar-refractivity contribution in [3.05, 3.63) is 89.1 Å². The molecule has 2 N–H and O–H groups in total. The molecule has 1 amide bonds. The summed E-state index contributed by atoms with van der Waals surface area (Å²) in [5, 5.41) is 5.06. The van der Waals surface area contributed by atoms with Gasteiger partial charge < -0.3 is 10.6 Å². The summed E-state index contributed by atoms with van der Waals surface area (Å²) >= 11 is 0. The van der Waals surface area contributed by atoms with Crippen molar-refractivity contribution in [2.45, 2.75) is 6.54 Å². The summed E-state index contributed by atoms with van der Waals surface area (Å²) in [4.78, 5) is 16.0. The maximum Gasteiger partial charge on any atom is 0.253 e. The van der Waals surface area contributed by atoms with Gasteiger partial charge in [-0.2, -0.15) is 0 Å². The molecule has 0 saturated heterocycles. The number of aromatic nitrogens is 1. The van der Waals surface area contributed by atoms with Crippen LogP contribution in [-0.2, 0) is 6.54 Å². The summed E-state index contributed by atoms with van der Waals surface area (Å²) in [5.41, 5.74) is 0.242. The molecule has 27 heavy (non-hydrogen) atoms. The van der Waals surface area contributed by atoms with E-state index in [0.717, 1.165) is 12.1 Å². The molecule has 0 unspecified atom stereocenters. The van der Waals surface area contributed by atoms with Crippen LogP contribution in [0.4, 0.5) is 29.1 Å². The van der Waals surface area contributed by atoms with Crippen LogP contribution in [0.2, 0.25) is 0 Å². The molecule has 2 aromatic carbocycles. The molecular weight excluding hydrogens is 362 g/mol. The lowest BCUT2D eigenvalue weighted by Gasteiger charge is -2.09. The lowest BCUT2D eigenvalue weighted by molar-refractivity contribution is 0.0950. The Balaban J connectivity index is 1.65. The summed E-state index contributed by atoms with van der Waals surface area (Å²) in [7, 11) is 0. The molecule has 4 nitrogen and oxygen atoms in total. The maximum absolute atomic E-state index is 13.6. The molecule has 0 aliphatic heterocycles. The van der Waals surface area contributed by atoms with Gasteiger partial charge in [0.2, 0.25) is 0 Å². The molecule has 0 aliphatic rings. The molecule has 1 aromatic heterocycles. The second-order valence-corrected chi connectivity index (χ2v) is 5.55. The summed E-state index contributed by atoms with van der Waals surface area (Å²) < 4.78 is 53.3. The van der Waals surface area contributed by atoms with E-state index in [1.165, 1.54) is 24.4 Å². The van der Waals surface area contributed by atoms with E-state index in [1.54, 1.807) is 18.2 Å². The van der Waals surface area contributed by atoms with E-state index in [9.17, 15) is 22.4 Å². The highest BCUT2D eigenvalue weighted by molar-refractivity contribution is 5.94. The Labute approximate surface area is 151 Å². The molecule has 3 rings (SSSR count). The molecule has 138 valence electrons. The topological polar surface area (TPSA) is 54.0 Å². The Morgan fingerprint density at radius 1 is 0.889 bits per heavy atom. The zero-order valence-corrected chi connectivity index (χ0v) is 13.8. The average Bonchev–Trinajstić information content (AvgIpc) is 2.68. The third kappa shape index (κ3) is 4.22. The first-order valence-corrected chi connectivity index (χ1v) is 7.84. The van der Waals surface area contributed by atoms with Gasteiger partial charge in [0.25, 0.3) is 5.91 Å². The number of hydrogen-bond acceptors (Lipinski definition) is 3. The van der Waals surface area contributed by atoms with E-state index in [1.807, 2.05) is 0 Å². The first kappa shape index (κ1) is 18.4. The van der Waals surface area contributed by atoms with Gasteiger partial charge >= 0.3 is 0 Å². The molecule has 1 heterocycles. The van der Waals surface area contributed by atoms with Gasteiger partial charge in [-0.3, -0.25) is 4.79 Å². The van der Waals surface area contributed by atoms with Crippen molar-refractivity contribution in [3.63, 3.8) is 0 Å². The zero-order chi connectivity index (χ0) is 19.4. The second-order valence-electron chi connectivity index (χ2n) is 5.55. The van der Waals surface area contributed by atoms with Crippen LogP contribution in [0.5, 0.6) is 0 Å². The normalized spacial score (nSPS) is 10.5. The molecule has 0 bridgehead atoms. The Bertz CT molecular complexity index is 977. The van der Waals surface area contributed by atoms with Crippen molar-refractivity contribution in [1.82, 2.24) is 10.3 Å². The Morgan fingerprint density at radius 2 is 1.67 bits per heavy atom. The van der Waals surface area contributed by atoms with Crippen molar-refractivity contribution in [3.8, 4) is 0 Å². The number of rotatable bonds is 5. The number of amides is 1. The standard InChI is InChI=1S/C19H13F4N3O/c20-13-4-2-1-3-11(13)9-25-19(27)12-5-8-16(24-10-12)26-15-7-6-14(21)17(22)18(15)23/h1-8,10H,9H2,(H,24,26)(H,25,27). The van der Waals surface area contributed by atoms with Gasteiger partial charge in [-0.15, -0.1) is 0 Å². The van der Waals surface area contributed by atoms with E-state index in [-0.39, 0.29) is 23.6 Å². The van der Waals surface area contributed by atoms with Crippen molar-refractivity contribution < 1.29 is 22.4 Å². The number of benzene rings is 2. The summed E-state index contributed by atoms with van der Waals surface area (Å²) in [6, 6.07) is 10.6. The number of pyridine rings is 1. The number of nitrogens with zero attached hydrogens (tertiary/aromatic N) is 1. The largest absolute Gasteiger partial charge is 0.348 e. The first-order chi connectivity index (χ1) is 13.0. The highest BCUT2D eigenvalue weighted by Crippen LogP contribution is 2.22. The molecule has 0 radical (unpaired) electrons. The van der Waals surface area contributed by atoms with Gasteiger partial charge in [-0.25, -0.2) is 22.5 Å². The van der Waals surface area contributed by atoms with Crippen LogP contribution in [0.1, 0.15) is 15.9 Å². The predicted octanol–water partition coefficient (Wildman–Crippen LogP) is 4.31. The highest BCUT2D eigenvalue weighted by Gasteiger charge is 2.14. The molecule has 0 saturated carbocycles. The van der Waals surface area contributed by atoms with Crippen LogP contribution >= 0.6 is 0 Å². The molecular formula is C19H13F4N3O. The monoisotopic (exact) mass is 375 g/mol. The fraction of sp³-hybridized carbons (Fsp3) is 0.0526. The van der Waals surface area contributed by atoms with E-state index in [4.69, 9.17) is 0 Å². The van der Waals surface area contributed by atoms with E-state index >= 15 is 0 Å². The summed E-state index contributed by atoms with van der Waals surface area (Å²) in [5.74, 6) is -5.04. The third-order valence-electron chi connectivity index (χ3n) is 3.72. The second kappa shape index (κ2) is 7.86. The van der Waals surface area contributed by atoms with Crippen LogP contribution in [0.25, 0.3) is 0 Å². The van der Waals surface area contributed by atoms with Gasteiger partial charge in [0, 0.05) is 18.3 Å². The molecule has 8 heteroatoms. The van der Waals surface area contributed by atoms with Gasteiger partial charge in [0.1, 0.15) is 11.6 Å². The molecule has 0 atom stereocenters. The molecule has 0 spiro atoms. The highest BCUT2D eigenvalue weighted by atomic mass is 19.2. The smallest absolute Gasteiger partial charge is 0.253 e. The predicted molar refractivity (Wildman–Crippen MR) is 91.4 cm³/mol.